The number of benzene rings is 1. The number of aromatic nitrogens is 5. The molecule has 0 spiro atoms. The van der Waals surface area contributed by atoms with Gasteiger partial charge in [0, 0.05) is 16.7 Å². The van der Waals surface area contributed by atoms with Crippen LogP contribution in [0.25, 0.3) is 33.7 Å². The van der Waals surface area contributed by atoms with Crippen LogP contribution in [0, 0.1) is 6.92 Å². The lowest BCUT2D eigenvalue weighted by atomic mass is 9.96. The van der Waals surface area contributed by atoms with Crippen molar-refractivity contribution in [2.75, 3.05) is 0 Å². The number of nitrogens with zero attached hydrogens (tertiary/aromatic N) is 4. The third kappa shape index (κ3) is 2.93. The number of aromatic amines is 1. The number of nitrogens with one attached hydrogen (secondary N) is 1. The van der Waals surface area contributed by atoms with Gasteiger partial charge in [0.25, 0.3) is 0 Å². The Morgan fingerprint density at radius 3 is 2.52 bits per heavy atom. The largest absolute Gasteiger partial charge is 0.340 e. The van der Waals surface area contributed by atoms with Crippen LogP contribution in [0.3, 0.4) is 0 Å². The van der Waals surface area contributed by atoms with Crippen LogP contribution in [0.15, 0.2) is 36.4 Å². The van der Waals surface area contributed by atoms with E-state index in [0.29, 0.717) is 0 Å². The van der Waals surface area contributed by atoms with Gasteiger partial charge in [-0.2, -0.15) is 8.75 Å². The number of hydrogen-bond donors (Lipinski definition) is 1. The summed E-state index contributed by atoms with van der Waals surface area (Å²) in [4.78, 5) is 13.1. The number of rotatable bonds is 2. The van der Waals surface area contributed by atoms with Gasteiger partial charge >= 0.3 is 0 Å². The van der Waals surface area contributed by atoms with E-state index in [1.807, 2.05) is 43.3 Å². The van der Waals surface area contributed by atoms with Crippen molar-refractivity contribution < 1.29 is 0 Å². The van der Waals surface area contributed by atoms with Gasteiger partial charge in [0.05, 0.1) is 28.8 Å². The highest BCUT2D eigenvalue weighted by Crippen LogP contribution is 2.33. The van der Waals surface area contributed by atoms with Crippen LogP contribution in [-0.2, 0) is 5.41 Å². The highest BCUT2D eigenvalue weighted by atomic mass is 32.1. The van der Waals surface area contributed by atoms with Crippen LogP contribution in [0.4, 0.5) is 0 Å². The molecule has 0 amide bonds. The third-order valence-corrected chi connectivity index (χ3v) is 4.64. The zero-order valence-electron chi connectivity index (χ0n) is 14.7. The van der Waals surface area contributed by atoms with E-state index in [-0.39, 0.29) is 5.41 Å². The quantitative estimate of drug-likeness (QED) is 0.567. The van der Waals surface area contributed by atoms with E-state index < -0.39 is 0 Å². The number of pyridine rings is 1. The number of H-pyrrole nitrogens is 1. The van der Waals surface area contributed by atoms with Crippen molar-refractivity contribution in [1.82, 2.24) is 23.7 Å². The highest BCUT2D eigenvalue weighted by Gasteiger charge is 2.23. The summed E-state index contributed by atoms with van der Waals surface area (Å²) in [7, 11) is 0. The summed E-state index contributed by atoms with van der Waals surface area (Å²) in [6.45, 7) is 8.45. The summed E-state index contributed by atoms with van der Waals surface area (Å²) in [6.07, 6.45) is 0. The maximum atomic E-state index is 4.91. The molecule has 4 rings (SSSR count). The first-order valence-corrected chi connectivity index (χ1v) is 8.92. The molecule has 0 aliphatic heterocycles. The molecule has 0 atom stereocenters. The SMILES string of the molecule is Cc1cccc(-c2[nH]c(C(C)(C)C)nc2-c2ccc3nsnc3c2)n1. The summed E-state index contributed by atoms with van der Waals surface area (Å²) >= 11 is 1.23. The summed E-state index contributed by atoms with van der Waals surface area (Å²) < 4.78 is 8.63. The van der Waals surface area contributed by atoms with Crippen LogP contribution in [0.5, 0.6) is 0 Å². The second-order valence-corrected chi connectivity index (χ2v) is 7.72. The van der Waals surface area contributed by atoms with Gasteiger partial charge in [0.1, 0.15) is 16.9 Å². The van der Waals surface area contributed by atoms with Gasteiger partial charge in [0.2, 0.25) is 0 Å². The second kappa shape index (κ2) is 5.74. The number of imidazole rings is 1. The lowest BCUT2D eigenvalue weighted by Gasteiger charge is -2.14. The average Bonchev–Trinajstić information content (AvgIpc) is 3.20. The van der Waals surface area contributed by atoms with E-state index in [9.17, 15) is 0 Å². The molecular formula is C19H19N5S. The van der Waals surface area contributed by atoms with Gasteiger partial charge in [-0.25, -0.2) is 4.98 Å². The molecule has 6 heteroatoms. The second-order valence-electron chi connectivity index (χ2n) is 7.19. The van der Waals surface area contributed by atoms with Crippen LogP contribution in [0.2, 0.25) is 0 Å². The fourth-order valence-corrected chi connectivity index (χ4v) is 3.25. The summed E-state index contributed by atoms with van der Waals surface area (Å²) in [5.41, 5.74) is 6.47. The van der Waals surface area contributed by atoms with Crippen molar-refractivity contribution in [3.63, 3.8) is 0 Å². The molecule has 3 aromatic heterocycles. The fraction of sp³-hybridized carbons (Fsp3) is 0.263. The first-order valence-electron chi connectivity index (χ1n) is 8.19. The molecule has 126 valence electrons. The molecule has 5 nitrogen and oxygen atoms in total. The van der Waals surface area contributed by atoms with E-state index in [1.165, 1.54) is 11.7 Å². The van der Waals surface area contributed by atoms with E-state index in [2.05, 4.69) is 39.5 Å². The Bertz CT molecular complexity index is 1060. The van der Waals surface area contributed by atoms with Crippen molar-refractivity contribution in [2.45, 2.75) is 33.1 Å². The number of hydrogen-bond acceptors (Lipinski definition) is 5. The molecule has 0 radical (unpaired) electrons. The van der Waals surface area contributed by atoms with Crippen molar-refractivity contribution in [2.24, 2.45) is 0 Å². The van der Waals surface area contributed by atoms with Gasteiger partial charge in [-0.3, -0.25) is 4.98 Å². The molecule has 0 saturated carbocycles. The minimum Gasteiger partial charge on any atom is -0.340 e. The van der Waals surface area contributed by atoms with Crippen molar-refractivity contribution in [1.29, 1.82) is 0 Å². The Kier molecular flexibility index (Phi) is 3.65. The average molecular weight is 349 g/mol. The van der Waals surface area contributed by atoms with Gasteiger partial charge in [-0.15, -0.1) is 0 Å². The predicted molar refractivity (Wildman–Crippen MR) is 102 cm³/mol. The van der Waals surface area contributed by atoms with Gasteiger partial charge in [0.15, 0.2) is 0 Å². The lowest BCUT2D eigenvalue weighted by molar-refractivity contribution is 0.553. The number of aryl methyl sites for hydroxylation is 1. The Hall–Kier alpha value is -2.60. The molecule has 1 aromatic carbocycles. The minimum absolute atomic E-state index is 0.0802. The van der Waals surface area contributed by atoms with Gasteiger partial charge < -0.3 is 4.98 Å². The Morgan fingerprint density at radius 2 is 1.76 bits per heavy atom. The smallest absolute Gasteiger partial charge is 0.112 e. The summed E-state index contributed by atoms with van der Waals surface area (Å²) in [6, 6.07) is 12.1. The van der Waals surface area contributed by atoms with Crippen LogP contribution < -0.4 is 0 Å². The molecule has 0 aliphatic rings. The predicted octanol–water partition coefficient (Wildman–Crippen LogP) is 4.75. The third-order valence-electron chi connectivity index (χ3n) is 4.09. The lowest BCUT2D eigenvalue weighted by Crippen LogP contribution is -2.13. The molecule has 0 aliphatic carbocycles. The van der Waals surface area contributed by atoms with E-state index in [0.717, 1.165) is 45.2 Å². The Morgan fingerprint density at radius 1 is 0.960 bits per heavy atom. The highest BCUT2D eigenvalue weighted by molar-refractivity contribution is 7.00. The first kappa shape index (κ1) is 15.9. The number of fused-ring (bicyclic) bond motifs is 1. The van der Waals surface area contributed by atoms with E-state index in [4.69, 9.17) is 4.98 Å². The van der Waals surface area contributed by atoms with Crippen molar-refractivity contribution in [3.05, 3.63) is 47.9 Å². The summed E-state index contributed by atoms with van der Waals surface area (Å²) in [5, 5.41) is 0. The van der Waals surface area contributed by atoms with E-state index in [1.54, 1.807) is 0 Å². The van der Waals surface area contributed by atoms with Crippen molar-refractivity contribution >= 4 is 22.8 Å². The Balaban J connectivity index is 1.94. The molecule has 1 N–H and O–H groups in total. The van der Waals surface area contributed by atoms with Crippen LogP contribution in [-0.4, -0.2) is 23.7 Å². The molecule has 4 aromatic rings. The molecule has 0 bridgehead atoms. The van der Waals surface area contributed by atoms with Gasteiger partial charge in [-0.1, -0.05) is 32.9 Å². The molecule has 25 heavy (non-hydrogen) atoms. The zero-order chi connectivity index (χ0) is 17.6. The monoisotopic (exact) mass is 349 g/mol. The fourth-order valence-electron chi connectivity index (χ4n) is 2.73. The first-order chi connectivity index (χ1) is 11.9. The molecule has 0 unspecified atom stereocenters. The molecule has 3 heterocycles. The molecular weight excluding hydrogens is 330 g/mol. The maximum absolute atomic E-state index is 4.91. The maximum Gasteiger partial charge on any atom is 0.112 e. The zero-order valence-corrected chi connectivity index (χ0v) is 15.5. The summed E-state index contributed by atoms with van der Waals surface area (Å²) in [5.74, 6) is 0.942. The minimum atomic E-state index is -0.0802. The van der Waals surface area contributed by atoms with Crippen LogP contribution in [0.1, 0.15) is 32.3 Å². The Labute approximate surface area is 150 Å². The standard InChI is InChI=1S/C19H19N5S/c1-11-6-5-7-14(20-11)17-16(21-18(22-17)19(2,3)4)12-8-9-13-15(10-12)24-25-23-13/h5-10H,1-4H3,(H,21,22). The normalized spacial score (nSPS) is 12.0. The topological polar surface area (TPSA) is 67.3 Å². The molecule has 0 fully saturated rings. The van der Waals surface area contributed by atoms with Crippen molar-refractivity contribution in [3.8, 4) is 22.6 Å². The van der Waals surface area contributed by atoms with Gasteiger partial charge in [-0.05, 0) is 31.2 Å². The van der Waals surface area contributed by atoms with Crippen LogP contribution >= 0.6 is 11.7 Å². The van der Waals surface area contributed by atoms with E-state index >= 15 is 0 Å². The molecule has 0 saturated heterocycles.